The van der Waals surface area contributed by atoms with Crippen molar-refractivity contribution >= 4 is 27.5 Å². The van der Waals surface area contributed by atoms with Gasteiger partial charge in [0.1, 0.15) is 18.4 Å². The summed E-state index contributed by atoms with van der Waals surface area (Å²) in [5.74, 6) is -1.34. The third kappa shape index (κ3) is 7.41. The first kappa shape index (κ1) is 28.8. The molecule has 0 bridgehead atoms. The van der Waals surface area contributed by atoms with Crippen LogP contribution in [0.5, 0.6) is 0 Å². The molecular weight excluding hydrogens is 505 g/mol. The summed E-state index contributed by atoms with van der Waals surface area (Å²) in [5.41, 5.74) is 2.37. The summed E-state index contributed by atoms with van der Waals surface area (Å²) < 4.78 is 41.2. The molecule has 1 atom stereocenters. The molecule has 0 unspecified atom stereocenters. The van der Waals surface area contributed by atoms with Crippen LogP contribution in [0.3, 0.4) is 0 Å². The lowest BCUT2D eigenvalue weighted by Crippen LogP contribution is -2.53. The number of halogens is 1. The van der Waals surface area contributed by atoms with E-state index in [4.69, 9.17) is 0 Å². The van der Waals surface area contributed by atoms with Gasteiger partial charge < -0.3 is 10.2 Å². The largest absolute Gasteiger partial charge is 0.357 e. The van der Waals surface area contributed by atoms with Crippen molar-refractivity contribution < 1.29 is 22.4 Å². The summed E-state index contributed by atoms with van der Waals surface area (Å²) in [5, 5.41) is 2.59. The number of carbonyl (C=O) groups is 2. The van der Waals surface area contributed by atoms with Gasteiger partial charge in [-0.15, -0.1) is 0 Å². The Balaban J connectivity index is 2.02. The maximum absolute atomic E-state index is 14.7. The smallest absolute Gasteiger partial charge is 0.244 e. The van der Waals surface area contributed by atoms with Crippen LogP contribution in [0.2, 0.25) is 0 Å². The van der Waals surface area contributed by atoms with Crippen LogP contribution >= 0.6 is 0 Å². The number of anilines is 1. The number of nitrogens with one attached hydrogen (secondary N) is 1. The van der Waals surface area contributed by atoms with E-state index in [0.29, 0.717) is 5.69 Å². The van der Waals surface area contributed by atoms with E-state index in [1.165, 1.54) is 30.1 Å². The van der Waals surface area contributed by atoms with Crippen molar-refractivity contribution in [3.05, 3.63) is 101 Å². The molecule has 1 N–H and O–H groups in total. The SMILES string of the molecule is CNC(=O)[C@@H](Cc1ccccc1)N(Cc1ccccc1F)C(=O)CN(c1ccc(C(C)C)cc1)S(C)(=O)=O. The van der Waals surface area contributed by atoms with Crippen LogP contribution in [-0.4, -0.2) is 51.0 Å². The van der Waals surface area contributed by atoms with E-state index in [9.17, 15) is 22.4 Å². The lowest BCUT2D eigenvalue weighted by Gasteiger charge is -2.33. The summed E-state index contributed by atoms with van der Waals surface area (Å²) in [7, 11) is -2.40. The van der Waals surface area contributed by atoms with Crippen molar-refractivity contribution in [2.24, 2.45) is 0 Å². The van der Waals surface area contributed by atoms with Crippen molar-refractivity contribution in [2.45, 2.75) is 38.8 Å². The Morgan fingerprint density at radius 1 is 0.921 bits per heavy atom. The van der Waals surface area contributed by atoms with Crippen LogP contribution in [0.4, 0.5) is 10.1 Å². The second kappa shape index (κ2) is 12.7. The minimum Gasteiger partial charge on any atom is -0.357 e. The molecule has 0 aliphatic rings. The van der Waals surface area contributed by atoms with Gasteiger partial charge in [-0.1, -0.05) is 74.5 Å². The fraction of sp³-hybridized carbons (Fsp3) is 0.310. The Morgan fingerprint density at radius 2 is 1.53 bits per heavy atom. The molecule has 0 aromatic heterocycles. The van der Waals surface area contributed by atoms with Gasteiger partial charge in [-0.2, -0.15) is 0 Å². The summed E-state index contributed by atoms with van der Waals surface area (Å²) >= 11 is 0. The summed E-state index contributed by atoms with van der Waals surface area (Å²) in [6.07, 6.45) is 1.20. The van der Waals surface area contributed by atoms with Crippen LogP contribution < -0.4 is 9.62 Å². The summed E-state index contributed by atoms with van der Waals surface area (Å²) in [6, 6.07) is 21.1. The quantitative estimate of drug-likeness (QED) is 0.398. The lowest BCUT2D eigenvalue weighted by molar-refractivity contribution is -0.139. The van der Waals surface area contributed by atoms with E-state index < -0.39 is 40.2 Å². The highest BCUT2D eigenvalue weighted by atomic mass is 32.2. The molecule has 3 aromatic rings. The van der Waals surface area contributed by atoms with Gasteiger partial charge >= 0.3 is 0 Å². The summed E-state index contributed by atoms with van der Waals surface area (Å²) in [6.45, 7) is 3.30. The Labute approximate surface area is 224 Å². The highest BCUT2D eigenvalue weighted by molar-refractivity contribution is 7.92. The minimum atomic E-state index is -3.86. The summed E-state index contributed by atoms with van der Waals surface area (Å²) in [4.78, 5) is 28.1. The molecule has 0 aliphatic carbocycles. The van der Waals surface area contributed by atoms with Crippen molar-refractivity contribution in [1.82, 2.24) is 10.2 Å². The standard InChI is InChI=1S/C29H34FN3O4S/c1-21(2)23-14-16-25(17-15-23)33(38(4,36)37)20-28(34)32(19-24-12-8-9-13-26(24)30)27(29(35)31-3)18-22-10-6-5-7-11-22/h5-17,21,27H,18-20H2,1-4H3,(H,31,35)/t27-/m1/s1. The molecule has 0 radical (unpaired) electrons. The average Bonchev–Trinajstić information content (AvgIpc) is 2.89. The van der Waals surface area contributed by atoms with E-state index in [2.05, 4.69) is 5.32 Å². The van der Waals surface area contributed by atoms with Crippen LogP contribution in [0.1, 0.15) is 36.5 Å². The number of benzene rings is 3. The third-order valence-corrected chi connectivity index (χ3v) is 7.48. The molecule has 3 rings (SSSR count). The van der Waals surface area contributed by atoms with Gasteiger partial charge in [0, 0.05) is 25.6 Å². The first-order valence-corrected chi connectivity index (χ1v) is 14.2. The molecule has 0 saturated carbocycles. The minimum absolute atomic E-state index is 0.169. The fourth-order valence-electron chi connectivity index (χ4n) is 4.17. The van der Waals surface area contributed by atoms with E-state index >= 15 is 0 Å². The first-order chi connectivity index (χ1) is 18.0. The normalized spacial score (nSPS) is 12.2. The lowest BCUT2D eigenvalue weighted by atomic mass is 10.0. The fourth-order valence-corrected chi connectivity index (χ4v) is 5.02. The van der Waals surface area contributed by atoms with E-state index in [-0.39, 0.29) is 24.4 Å². The second-order valence-corrected chi connectivity index (χ2v) is 11.4. The van der Waals surface area contributed by atoms with Gasteiger partial charge in [0.05, 0.1) is 11.9 Å². The van der Waals surface area contributed by atoms with Crippen LogP contribution in [0, 0.1) is 5.82 Å². The first-order valence-electron chi connectivity index (χ1n) is 12.4. The number of hydrogen-bond donors (Lipinski definition) is 1. The Kier molecular flexibility index (Phi) is 9.63. The monoisotopic (exact) mass is 539 g/mol. The Bertz CT molecular complexity index is 1350. The van der Waals surface area contributed by atoms with Gasteiger partial charge in [-0.3, -0.25) is 13.9 Å². The molecule has 3 aromatic carbocycles. The molecule has 202 valence electrons. The average molecular weight is 540 g/mol. The predicted molar refractivity (Wildman–Crippen MR) is 148 cm³/mol. The van der Waals surface area contributed by atoms with Crippen molar-refractivity contribution in [2.75, 3.05) is 24.2 Å². The van der Waals surface area contributed by atoms with Gasteiger partial charge in [-0.25, -0.2) is 12.8 Å². The van der Waals surface area contributed by atoms with Gasteiger partial charge in [0.2, 0.25) is 21.8 Å². The van der Waals surface area contributed by atoms with E-state index in [1.54, 1.807) is 18.2 Å². The molecule has 38 heavy (non-hydrogen) atoms. The Hall–Kier alpha value is -3.72. The maximum Gasteiger partial charge on any atom is 0.244 e. The third-order valence-electron chi connectivity index (χ3n) is 6.34. The number of nitrogens with zero attached hydrogens (tertiary/aromatic N) is 2. The second-order valence-electron chi connectivity index (χ2n) is 9.45. The highest BCUT2D eigenvalue weighted by Gasteiger charge is 2.33. The van der Waals surface area contributed by atoms with Crippen LogP contribution in [0.15, 0.2) is 78.9 Å². The van der Waals surface area contributed by atoms with E-state index in [0.717, 1.165) is 21.7 Å². The highest BCUT2D eigenvalue weighted by Crippen LogP contribution is 2.23. The molecule has 0 heterocycles. The number of amides is 2. The van der Waals surface area contributed by atoms with Gasteiger partial charge in [0.25, 0.3) is 0 Å². The molecule has 9 heteroatoms. The number of sulfonamides is 1. The van der Waals surface area contributed by atoms with Crippen LogP contribution in [0.25, 0.3) is 0 Å². The Morgan fingerprint density at radius 3 is 2.08 bits per heavy atom. The zero-order valence-electron chi connectivity index (χ0n) is 22.1. The number of carbonyl (C=O) groups excluding carboxylic acids is 2. The van der Waals surface area contributed by atoms with Crippen molar-refractivity contribution in [3.8, 4) is 0 Å². The zero-order chi connectivity index (χ0) is 27.9. The van der Waals surface area contributed by atoms with Crippen LogP contribution in [-0.2, 0) is 32.6 Å². The molecular formula is C29H34FN3O4S. The molecule has 2 amide bonds. The number of hydrogen-bond acceptors (Lipinski definition) is 4. The molecule has 7 nitrogen and oxygen atoms in total. The van der Waals surface area contributed by atoms with Crippen molar-refractivity contribution in [3.63, 3.8) is 0 Å². The maximum atomic E-state index is 14.7. The molecule has 0 saturated heterocycles. The van der Waals surface area contributed by atoms with E-state index in [1.807, 2.05) is 56.3 Å². The molecule has 0 aliphatic heterocycles. The number of rotatable bonds is 11. The number of likely N-dealkylation sites (N-methyl/N-ethyl adjacent to an activating group) is 1. The predicted octanol–water partition coefficient (Wildman–Crippen LogP) is 4.10. The zero-order valence-corrected chi connectivity index (χ0v) is 22.9. The van der Waals surface area contributed by atoms with Gasteiger partial charge in [-0.05, 0) is 35.2 Å². The molecule has 0 spiro atoms. The van der Waals surface area contributed by atoms with Crippen molar-refractivity contribution in [1.29, 1.82) is 0 Å². The topological polar surface area (TPSA) is 86.8 Å². The molecule has 0 fully saturated rings. The van der Waals surface area contributed by atoms with Gasteiger partial charge in [0.15, 0.2) is 0 Å².